The highest BCUT2D eigenvalue weighted by atomic mass is 32.2. The molecule has 0 heterocycles. The predicted molar refractivity (Wildman–Crippen MR) is 94.2 cm³/mol. The van der Waals surface area contributed by atoms with Crippen LogP contribution in [-0.2, 0) is 17.1 Å². The summed E-state index contributed by atoms with van der Waals surface area (Å²) >= 11 is 1.62. The van der Waals surface area contributed by atoms with E-state index in [1.807, 2.05) is 36.4 Å². The van der Waals surface area contributed by atoms with Gasteiger partial charge in [-0.15, -0.1) is 0 Å². The van der Waals surface area contributed by atoms with E-state index in [0.717, 1.165) is 16.9 Å². The van der Waals surface area contributed by atoms with E-state index in [2.05, 4.69) is 5.32 Å². The molecule has 0 bridgehead atoms. The number of thioether (sulfide) groups is 1. The molecule has 2 rings (SSSR count). The minimum Gasteiger partial charge on any atom is -0.478 e. The van der Waals surface area contributed by atoms with E-state index in [9.17, 15) is 9.59 Å². The van der Waals surface area contributed by atoms with Gasteiger partial charge in [-0.1, -0.05) is 42.5 Å². The maximum absolute atomic E-state index is 11.6. The number of rotatable bonds is 8. The van der Waals surface area contributed by atoms with Crippen LogP contribution in [0.1, 0.15) is 21.5 Å². The Morgan fingerprint density at radius 3 is 2.54 bits per heavy atom. The molecule has 0 aliphatic carbocycles. The summed E-state index contributed by atoms with van der Waals surface area (Å²) in [5.41, 5.74) is 2.18. The molecule has 0 fully saturated rings. The van der Waals surface area contributed by atoms with Crippen molar-refractivity contribution < 1.29 is 19.4 Å². The van der Waals surface area contributed by atoms with Crippen LogP contribution in [0.2, 0.25) is 0 Å². The third-order valence-corrected chi connectivity index (χ3v) is 4.20. The van der Waals surface area contributed by atoms with Gasteiger partial charge in [0, 0.05) is 18.1 Å². The summed E-state index contributed by atoms with van der Waals surface area (Å²) in [6.07, 6.45) is -0.438. The third-order valence-electron chi connectivity index (χ3n) is 3.17. The predicted octanol–water partition coefficient (Wildman–Crippen LogP) is 3.54. The van der Waals surface area contributed by atoms with Crippen molar-refractivity contribution in [2.45, 2.75) is 12.4 Å². The summed E-state index contributed by atoms with van der Waals surface area (Å²) < 4.78 is 5.11. The summed E-state index contributed by atoms with van der Waals surface area (Å²) in [5, 5.41) is 11.6. The lowest BCUT2D eigenvalue weighted by molar-refractivity contribution is 0.0696. The number of aromatic carboxylic acids is 1. The van der Waals surface area contributed by atoms with Crippen LogP contribution in [0.5, 0.6) is 0 Å². The van der Waals surface area contributed by atoms with Crippen LogP contribution >= 0.6 is 11.8 Å². The molecule has 5 nitrogen and oxygen atoms in total. The number of alkyl carbamates (subject to hydrolysis) is 1. The SMILES string of the molecule is O=C(NCCSCc1cccc(C(=O)O)c1)OCc1ccccc1. The Balaban J connectivity index is 1.60. The van der Waals surface area contributed by atoms with E-state index in [0.29, 0.717) is 12.3 Å². The van der Waals surface area contributed by atoms with Crippen LogP contribution in [-0.4, -0.2) is 29.5 Å². The highest BCUT2D eigenvalue weighted by Crippen LogP contribution is 2.13. The van der Waals surface area contributed by atoms with Crippen molar-refractivity contribution in [2.24, 2.45) is 0 Å². The number of nitrogens with one attached hydrogen (secondary N) is 1. The molecule has 24 heavy (non-hydrogen) atoms. The average molecular weight is 345 g/mol. The lowest BCUT2D eigenvalue weighted by atomic mass is 10.1. The first kappa shape index (κ1) is 17.9. The normalized spacial score (nSPS) is 10.2. The molecule has 0 aliphatic rings. The number of benzene rings is 2. The molecule has 2 aromatic carbocycles. The van der Waals surface area contributed by atoms with Gasteiger partial charge in [0.05, 0.1) is 5.56 Å². The number of carboxylic acids is 1. The monoisotopic (exact) mass is 345 g/mol. The summed E-state index contributed by atoms with van der Waals surface area (Å²) in [7, 11) is 0. The number of hydrogen-bond acceptors (Lipinski definition) is 4. The van der Waals surface area contributed by atoms with Gasteiger partial charge >= 0.3 is 12.1 Å². The maximum atomic E-state index is 11.6. The van der Waals surface area contributed by atoms with Crippen LogP contribution in [0.4, 0.5) is 4.79 Å². The van der Waals surface area contributed by atoms with Crippen LogP contribution in [0, 0.1) is 0 Å². The zero-order valence-corrected chi connectivity index (χ0v) is 13.9. The third kappa shape index (κ3) is 6.34. The molecule has 1 amide bonds. The number of carbonyl (C=O) groups excluding carboxylic acids is 1. The van der Waals surface area contributed by atoms with Crippen LogP contribution in [0.25, 0.3) is 0 Å². The van der Waals surface area contributed by atoms with Gasteiger partial charge in [-0.05, 0) is 23.3 Å². The highest BCUT2D eigenvalue weighted by Gasteiger charge is 2.04. The number of ether oxygens (including phenoxy) is 1. The van der Waals surface area contributed by atoms with Gasteiger partial charge in [0.1, 0.15) is 6.61 Å². The Bertz CT molecular complexity index is 676. The van der Waals surface area contributed by atoms with Gasteiger partial charge in [0.15, 0.2) is 0 Å². The zero-order chi connectivity index (χ0) is 17.2. The first-order valence-electron chi connectivity index (χ1n) is 7.49. The molecule has 0 aliphatic heterocycles. The van der Waals surface area contributed by atoms with Gasteiger partial charge in [-0.25, -0.2) is 9.59 Å². The molecule has 0 spiro atoms. The lowest BCUT2D eigenvalue weighted by Gasteiger charge is -2.07. The van der Waals surface area contributed by atoms with Crippen LogP contribution < -0.4 is 5.32 Å². The maximum Gasteiger partial charge on any atom is 0.407 e. The largest absolute Gasteiger partial charge is 0.478 e. The Kier molecular flexibility index (Phi) is 7.17. The fourth-order valence-electron chi connectivity index (χ4n) is 1.98. The average Bonchev–Trinajstić information content (AvgIpc) is 2.61. The van der Waals surface area contributed by atoms with E-state index in [1.165, 1.54) is 0 Å². The van der Waals surface area contributed by atoms with E-state index < -0.39 is 12.1 Å². The van der Waals surface area contributed by atoms with E-state index >= 15 is 0 Å². The second kappa shape index (κ2) is 9.62. The van der Waals surface area contributed by atoms with Crippen molar-refractivity contribution in [3.63, 3.8) is 0 Å². The highest BCUT2D eigenvalue weighted by molar-refractivity contribution is 7.98. The van der Waals surface area contributed by atoms with Crippen molar-refractivity contribution in [3.8, 4) is 0 Å². The first-order valence-corrected chi connectivity index (χ1v) is 8.65. The zero-order valence-electron chi connectivity index (χ0n) is 13.1. The van der Waals surface area contributed by atoms with Crippen molar-refractivity contribution in [2.75, 3.05) is 12.3 Å². The minimum atomic E-state index is -0.926. The Hall–Kier alpha value is -2.47. The number of carbonyl (C=O) groups is 2. The fourth-order valence-corrected chi connectivity index (χ4v) is 2.79. The quantitative estimate of drug-likeness (QED) is 0.716. The lowest BCUT2D eigenvalue weighted by Crippen LogP contribution is -2.26. The van der Waals surface area contributed by atoms with Gasteiger partial charge in [0.25, 0.3) is 0 Å². The van der Waals surface area contributed by atoms with E-state index in [1.54, 1.807) is 30.0 Å². The van der Waals surface area contributed by atoms with Crippen molar-refractivity contribution in [1.82, 2.24) is 5.32 Å². The Morgan fingerprint density at radius 1 is 1.04 bits per heavy atom. The summed E-state index contributed by atoms with van der Waals surface area (Å²) in [6, 6.07) is 16.4. The van der Waals surface area contributed by atoms with E-state index in [-0.39, 0.29) is 12.2 Å². The minimum absolute atomic E-state index is 0.252. The number of amides is 1. The van der Waals surface area contributed by atoms with E-state index in [4.69, 9.17) is 9.84 Å². The molecule has 0 unspecified atom stereocenters. The van der Waals surface area contributed by atoms with Gasteiger partial charge in [0.2, 0.25) is 0 Å². The molecule has 0 atom stereocenters. The van der Waals surface area contributed by atoms with Gasteiger partial charge < -0.3 is 15.2 Å². The molecule has 2 N–H and O–H groups in total. The first-order chi connectivity index (χ1) is 11.6. The van der Waals surface area contributed by atoms with Gasteiger partial charge in [-0.2, -0.15) is 11.8 Å². The topological polar surface area (TPSA) is 75.6 Å². The fraction of sp³-hybridized carbons (Fsp3) is 0.222. The molecule has 0 saturated heterocycles. The van der Waals surface area contributed by atoms with Crippen molar-refractivity contribution in [3.05, 3.63) is 71.3 Å². The Morgan fingerprint density at radius 2 is 1.79 bits per heavy atom. The second-order valence-corrected chi connectivity index (χ2v) is 6.15. The summed E-state index contributed by atoms with van der Waals surface area (Å²) in [6.45, 7) is 0.749. The smallest absolute Gasteiger partial charge is 0.407 e. The summed E-state index contributed by atoms with van der Waals surface area (Å²) in [4.78, 5) is 22.5. The molecular formula is C18H19NO4S. The second-order valence-electron chi connectivity index (χ2n) is 5.05. The molecule has 6 heteroatoms. The molecule has 126 valence electrons. The number of carboxylic acid groups (broad SMARTS) is 1. The molecule has 0 aromatic heterocycles. The van der Waals surface area contributed by atoms with Gasteiger partial charge in [-0.3, -0.25) is 0 Å². The molecule has 0 radical (unpaired) electrons. The molecular weight excluding hydrogens is 326 g/mol. The van der Waals surface area contributed by atoms with Crippen LogP contribution in [0.3, 0.4) is 0 Å². The molecule has 2 aromatic rings. The molecule has 0 saturated carbocycles. The standard InChI is InChI=1S/C18H19NO4S/c20-17(21)16-8-4-7-15(11-16)13-24-10-9-19-18(22)23-12-14-5-2-1-3-6-14/h1-8,11H,9-10,12-13H2,(H,19,22)(H,20,21). The van der Waals surface area contributed by atoms with Crippen molar-refractivity contribution >= 4 is 23.8 Å². The number of hydrogen-bond donors (Lipinski definition) is 2. The summed E-state index contributed by atoms with van der Waals surface area (Å²) in [5.74, 6) is 0.490. The van der Waals surface area contributed by atoms with Crippen molar-refractivity contribution in [1.29, 1.82) is 0 Å². The van der Waals surface area contributed by atoms with Crippen LogP contribution in [0.15, 0.2) is 54.6 Å². The Labute approximate surface area is 145 Å².